The lowest BCUT2D eigenvalue weighted by Crippen LogP contribution is -2.11. The van der Waals surface area contributed by atoms with Crippen LogP contribution in [0.15, 0.2) is 18.2 Å². The van der Waals surface area contributed by atoms with E-state index < -0.39 is 0 Å². The Morgan fingerprint density at radius 1 is 1.42 bits per heavy atom. The van der Waals surface area contributed by atoms with E-state index in [9.17, 15) is 0 Å². The molecule has 19 heavy (non-hydrogen) atoms. The van der Waals surface area contributed by atoms with Gasteiger partial charge in [0.15, 0.2) is 0 Å². The molecule has 104 valence electrons. The normalized spacial score (nSPS) is 11.1. The number of nitrogens with one attached hydrogen (secondary N) is 1. The van der Waals surface area contributed by atoms with Crippen molar-refractivity contribution in [3.05, 3.63) is 28.8 Å². The predicted molar refractivity (Wildman–Crippen MR) is 78.3 cm³/mol. The number of rotatable bonds is 7. The molecule has 0 spiro atoms. The molecule has 0 heterocycles. The minimum Gasteiger partial charge on any atom is -0.493 e. The maximum atomic E-state index is 8.94. The van der Waals surface area contributed by atoms with Gasteiger partial charge in [0.05, 0.1) is 18.1 Å². The summed E-state index contributed by atoms with van der Waals surface area (Å²) in [6.07, 6.45) is 1.70. The van der Waals surface area contributed by atoms with Crippen LogP contribution in [0, 0.1) is 16.7 Å². The summed E-state index contributed by atoms with van der Waals surface area (Å²) in [4.78, 5) is 0. The fraction of sp³-hybridized carbons (Fsp3) is 0.533. The summed E-state index contributed by atoms with van der Waals surface area (Å²) in [7, 11) is 1.89. The van der Waals surface area contributed by atoms with Crippen LogP contribution in [0.3, 0.4) is 0 Å². The van der Waals surface area contributed by atoms with E-state index in [0.717, 1.165) is 30.7 Å². The molecule has 0 atom stereocenters. The van der Waals surface area contributed by atoms with Crippen molar-refractivity contribution in [3.8, 4) is 11.8 Å². The Morgan fingerprint density at radius 3 is 2.79 bits per heavy atom. The van der Waals surface area contributed by atoms with Crippen LogP contribution in [-0.4, -0.2) is 13.7 Å². The Hall–Kier alpha value is -1.24. The third kappa shape index (κ3) is 5.50. The molecule has 0 bridgehead atoms. The van der Waals surface area contributed by atoms with Gasteiger partial charge in [-0.1, -0.05) is 11.6 Å². The van der Waals surface area contributed by atoms with Crippen molar-refractivity contribution in [1.29, 1.82) is 5.26 Å². The lowest BCUT2D eigenvalue weighted by Gasteiger charge is -2.16. The molecule has 1 rings (SSSR count). The number of hydrogen-bond donors (Lipinski definition) is 1. The fourth-order valence-electron chi connectivity index (χ4n) is 1.77. The summed E-state index contributed by atoms with van der Waals surface area (Å²) < 4.78 is 5.78. The van der Waals surface area contributed by atoms with E-state index >= 15 is 0 Å². The SMILES string of the molecule is CNCc1cc(Cl)ccc1OCCCC(C)(C)C#N. The first kappa shape index (κ1) is 15.8. The Balaban J connectivity index is 2.51. The molecule has 0 aliphatic rings. The molecule has 1 aromatic rings. The molecular weight excluding hydrogens is 260 g/mol. The van der Waals surface area contributed by atoms with Crippen LogP contribution in [0.4, 0.5) is 0 Å². The highest BCUT2D eigenvalue weighted by Gasteiger charge is 2.15. The van der Waals surface area contributed by atoms with Gasteiger partial charge in [-0.25, -0.2) is 0 Å². The van der Waals surface area contributed by atoms with Gasteiger partial charge in [0.25, 0.3) is 0 Å². The van der Waals surface area contributed by atoms with Gasteiger partial charge in [0.2, 0.25) is 0 Å². The summed E-state index contributed by atoms with van der Waals surface area (Å²) in [5.41, 5.74) is 0.770. The zero-order chi connectivity index (χ0) is 14.3. The first-order valence-corrected chi connectivity index (χ1v) is 6.83. The zero-order valence-corrected chi connectivity index (χ0v) is 12.5. The molecule has 0 aliphatic carbocycles. The van der Waals surface area contributed by atoms with Crippen molar-refractivity contribution in [1.82, 2.24) is 5.32 Å². The molecule has 0 saturated carbocycles. The number of halogens is 1. The van der Waals surface area contributed by atoms with Crippen molar-refractivity contribution in [3.63, 3.8) is 0 Å². The number of nitriles is 1. The molecular formula is C15H21ClN2O. The standard InChI is InChI=1S/C15H21ClN2O/c1-15(2,11-17)7-4-8-19-14-6-5-13(16)9-12(14)10-18-3/h5-6,9,18H,4,7-8,10H2,1-3H3. The van der Waals surface area contributed by atoms with Crippen LogP contribution >= 0.6 is 11.6 Å². The highest BCUT2D eigenvalue weighted by atomic mass is 35.5. The second-order valence-electron chi connectivity index (χ2n) is 5.23. The predicted octanol–water partition coefficient (Wildman–Crippen LogP) is 3.77. The van der Waals surface area contributed by atoms with Gasteiger partial charge in [-0.3, -0.25) is 0 Å². The van der Waals surface area contributed by atoms with E-state index in [0.29, 0.717) is 11.6 Å². The second kappa shape index (κ2) is 7.37. The molecule has 0 radical (unpaired) electrons. The highest BCUT2D eigenvalue weighted by molar-refractivity contribution is 6.30. The molecule has 0 amide bonds. The largest absolute Gasteiger partial charge is 0.493 e. The van der Waals surface area contributed by atoms with E-state index in [1.165, 1.54) is 0 Å². The topological polar surface area (TPSA) is 45.0 Å². The monoisotopic (exact) mass is 280 g/mol. The van der Waals surface area contributed by atoms with Gasteiger partial charge in [0, 0.05) is 17.1 Å². The van der Waals surface area contributed by atoms with Crippen LogP contribution in [-0.2, 0) is 6.54 Å². The second-order valence-corrected chi connectivity index (χ2v) is 5.67. The number of hydrogen-bond acceptors (Lipinski definition) is 3. The molecule has 0 saturated heterocycles. The average molecular weight is 281 g/mol. The van der Waals surface area contributed by atoms with E-state index in [1.54, 1.807) is 0 Å². The molecule has 1 N–H and O–H groups in total. The van der Waals surface area contributed by atoms with Crippen LogP contribution in [0.1, 0.15) is 32.3 Å². The van der Waals surface area contributed by atoms with E-state index in [1.807, 2.05) is 39.1 Å². The summed E-state index contributed by atoms with van der Waals surface area (Å²) >= 11 is 5.97. The number of nitrogens with zero attached hydrogens (tertiary/aromatic N) is 1. The summed E-state index contributed by atoms with van der Waals surface area (Å²) in [6, 6.07) is 7.93. The van der Waals surface area contributed by atoms with E-state index in [2.05, 4.69) is 11.4 Å². The molecule has 0 unspecified atom stereocenters. The summed E-state index contributed by atoms with van der Waals surface area (Å²) in [5, 5.41) is 12.7. The quantitative estimate of drug-likeness (QED) is 0.773. The van der Waals surface area contributed by atoms with Gasteiger partial charge in [-0.2, -0.15) is 5.26 Å². The smallest absolute Gasteiger partial charge is 0.123 e. The lowest BCUT2D eigenvalue weighted by atomic mass is 9.90. The Bertz CT molecular complexity index is 452. The van der Waals surface area contributed by atoms with Crippen molar-refractivity contribution in [2.75, 3.05) is 13.7 Å². The van der Waals surface area contributed by atoms with Crippen molar-refractivity contribution in [2.24, 2.45) is 5.41 Å². The minimum absolute atomic E-state index is 0.281. The van der Waals surface area contributed by atoms with Crippen molar-refractivity contribution >= 4 is 11.6 Å². The van der Waals surface area contributed by atoms with Gasteiger partial charge >= 0.3 is 0 Å². The average Bonchev–Trinajstić information content (AvgIpc) is 2.37. The molecule has 4 heteroatoms. The molecule has 3 nitrogen and oxygen atoms in total. The molecule has 0 aliphatic heterocycles. The van der Waals surface area contributed by atoms with Crippen LogP contribution in [0.25, 0.3) is 0 Å². The van der Waals surface area contributed by atoms with E-state index in [4.69, 9.17) is 21.6 Å². The fourth-order valence-corrected chi connectivity index (χ4v) is 1.96. The minimum atomic E-state index is -0.281. The van der Waals surface area contributed by atoms with Gasteiger partial charge in [-0.15, -0.1) is 0 Å². The number of ether oxygens (including phenoxy) is 1. The lowest BCUT2D eigenvalue weighted by molar-refractivity contribution is 0.281. The van der Waals surface area contributed by atoms with Crippen LogP contribution < -0.4 is 10.1 Å². The third-order valence-electron chi connectivity index (χ3n) is 2.90. The van der Waals surface area contributed by atoms with Crippen LogP contribution in [0.5, 0.6) is 5.75 Å². The van der Waals surface area contributed by atoms with Gasteiger partial charge < -0.3 is 10.1 Å². The third-order valence-corrected chi connectivity index (χ3v) is 3.13. The zero-order valence-electron chi connectivity index (χ0n) is 11.8. The number of benzene rings is 1. The Labute approximate surface area is 120 Å². The van der Waals surface area contributed by atoms with Crippen molar-refractivity contribution < 1.29 is 4.74 Å². The molecule has 0 fully saturated rings. The van der Waals surface area contributed by atoms with Crippen LogP contribution in [0.2, 0.25) is 5.02 Å². The van der Waals surface area contributed by atoms with E-state index in [-0.39, 0.29) is 5.41 Å². The van der Waals surface area contributed by atoms with Gasteiger partial charge in [-0.05, 0) is 51.9 Å². The highest BCUT2D eigenvalue weighted by Crippen LogP contribution is 2.24. The first-order valence-electron chi connectivity index (χ1n) is 6.45. The summed E-state index contributed by atoms with van der Waals surface area (Å²) in [5.74, 6) is 0.855. The van der Waals surface area contributed by atoms with Gasteiger partial charge in [0.1, 0.15) is 5.75 Å². The first-order chi connectivity index (χ1) is 8.98. The summed E-state index contributed by atoms with van der Waals surface area (Å²) in [6.45, 7) is 5.23. The Morgan fingerprint density at radius 2 is 2.16 bits per heavy atom. The molecule has 0 aromatic heterocycles. The molecule has 1 aromatic carbocycles. The van der Waals surface area contributed by atoms with Crippen molar-refractivity contribution in [2.45, 2.75) is 33.2 Å². The maximum Gasteiger partial charge on any atom is 0.123 e. The maximum absolute atomic E-state index is 8.94. The Kier molecular flexibility index (Phi) is 6.14.